The molecule has 5 rings (SSSR count). The van der Waals surface area contributed by atoms with Crippen molar-refractivity contribution >= 4 is 38.5 Å². The van der Waals surface area contributed by atoms with Gasteiger partial charge in [0.25, 0.3) is 0 Å². The van der Waals surface area contributed by atoms with E-state index in [1.807, 2.05) is 11.0 Å². The quantitative estimate of drug-likeness (QED) is 0.678. The minimum absolute atomic E-state index is 0.0771. The van der Waals surface area contributed by atoms with Crippen LogP contribution in [0.4, 0.5) is 11.1 Å². The molecule has 28 heavy (non-hydrogen) atoms. The Bertz CT molecular complexity index is 992. The Hall–Kier alpha value is -2.74. The largest absolute Gasteiger partial charge is 0.346 e. The van der Waals surface area contributed by atoms with Crippen LogP contribution in [0.3, 0.4) is 0 Å². The van der Waals surface area contributed by atoms with Gasteiger partial charge in [0.2, 0.25) is 11.9 Å². The predicted molar refractivity (Wildman–Crippen MR) is 111 cm³/mol. The van der Waals surface area contributed by atoms with E-state index in [0.29, 0.717) is 0 Å². The Morgan fingerprint density at radius 1 is 1.07 bits per heavy atom. The topological polar surface area (TPSA) is 65.5 Å². The molecule has 1 amide bonds. The smallest absolute Gasteiger partial charge is 0.229 e. The van der Waals surface area contributed by atoms with Crippen molar-refractivity contribution < 1.29 is 4.79 Å². The molecule has 8 heteroatoms. The van der Waals surface area contributed by atoms with Crippen LogP contribution in [0.5, 0.6) is 0 Å². The van der Waals surface area contributed by atoms with Gasteiger partial charge in [0, 0.05) is 51.7 Å². The molecule has 0 bridgehead atoms. The van der Waals surface area contributed by atoms with Crippen molar-refractivity contribution in [2.24, 2.45) is 5.92 Å². The molecule has 0 aliphatic carbocycles. The maximum atomic E-state index is 12.8. The fraction of sp³-hybridized carbons (Fsp3) is 0.400. The van der Waals surface area contributed by atoms with E-state index >= 15 is 0 Å². The van der Waals surface area contributed by atoms with Crippen molar-refractivity contribution in [3.8, 4) is 0 Å². The molecule has 7 nitrogen and oxygen atoms in total. The number of anilines is 2. The fourth-order valence-electron chi connectivity index (χ4n) is 3.79. The van der Waals surface area contributed by atoms with Gasteiger partial charge in [-0.15, -0.1) is 0 Å². The molecule has 0 saturated carbocycles. The highest BCUT2D eigenvalue weighted by atomic mass is 32.1. The maximum Gasteiger partial charge on any atom is 0.229 e. The van der Waals surface area contributed by atoms with Crippen molar-refractivity contribution in [2.75, 3.05) is 49.1 Å². The lowest BCUT2D eigenvalue weighted by Gasteiger charge is -2.42. The maximum absolute atomic E-state index is 12.8. The van der Waals surface area contributed by atoms with Gasteiger partial charge < -0.3 is 14.7 Å². The Kier molecular flexibility index (Phi) is 4.35. The van der Waals surface area contributed by atoms with Gasteiger partial charge in [0.15, 0.2) is 5.13 Å². The number of carbonyl (C=O) groups excluding carboxylic acids is 1. The number of benzene rings is 1. The minimum atomic E-state index is 0.0771. The average molecular weight is 395 g/mol. The number of rotatable bonds is 3. The Balaban J connectivity index is 1.17. The van der Waals surface area contributed by atoms with Crippen LogP contribution >= 0.6 is 11.3 Å². The number of thiazole rings is 1. The number of piperazine rings is 1. The lowest BCUT2D eigenvalue weighted by molar-refractivity contribution is -0.136. The highest BCUT2D eigenvalue weighted by Crippen LogP contribution is 2.34. The zero-order chi connectivity index (χ0) is 19.1. The number of hydrogen-bond donors (Lipinski definition) is 0. The van der Waals surface area contributed by atoms with E-state index in [-0.39, 0.29) is 11.8 Å². The van der Waals surface area contributed by atoms with Crippen molar-refractivity contribution in [3.63, 3.8) is 0 Å². The zero-order valence-electron chi connectivity index (χ0n) is 15.8. The number of aryl methyl sites for hydroxylation is 1. The SMILES string of the molecule is Cc1ccc2nc(N3CC(C(=O)N4CCN(c5ncccn5)CC4)C3)sc2c1. The van der Waals surface area contributed by atoms with Gasteiger partial charge in [-0.25, -0.2) is 15.0 Å². The summed E-state index contributed by atoms with van der Waals surface area (Å²) < 4.78 is 1.21. The molecule has 0 N–H and O–H groups in total. The molecule has 2 aliphatic heterocycles. The normalized spacial score (nSPS) is 17.8. The summed E-state index contributed by atoms with van der Waals surface area (Å²) in [4.78, 5) is 32.5. The predicted octanol–water partition coefficient (Wildman–Crippen LogP) is 2.18. The second kappa shape index (κ2) is 7.01. The zero-order valence-corrected chi connectivity index (χ0v) is 16.6. The summed E-state index contributed by atoms with van der Waals surface area (Å²) in [6.45, 7) is 6.65. The van der Waals surface area contributed by atoms with Crippen LogP contribution in [0, 0.1) is 12.8 Å². The third-order valence-corrected chi connectivity index (χ3v) is 6.54. The molecule has 0 radical (unpaired) electrons. The van der Waals surface area contributed by atoms with E-state index in [1.54, 1.807) is 23.7 Å². The molecule has 0 unspecified atom stereocenters. The third-order valence-electron chi connectivity index (χ3n) is 5.46. The molecule has 0 atom stereocenters. The first-order valence-corrected chi connectivity index (χ1v) is 10.4. The van der Waals surface area contributed by atoms with Crippen molar-refractivity contribution in [1.29, 1.82) is 0 Å². The van der Waals surface area contributed by atoms with Crippen LogP contribution in [-0.2, 0) is 4.79 Å². The lowest BCUT2D eigenvalue weighted by Crippen LogP contribution is -2.58. The molecule has 3 aromatic rings. The van der Waals surface area contributed by atoms with Crippen molar-refractivity contribution in [1.82, 2.24) is 19.9 Å². The van der Waals surface area contributed by atoms with Crippen LogP contribution in [0.2, 0.25) is 0 Å². The number of fused-ring (bicyclic) bond motifs is 1. The lowest BCUT2D eigenvalue weighted by atomic mass is 9.99. The van der Waals surface area contributed by atoms with Gasteiger partial charge in [-0.2, -0.15) is 0 Å². The summed E-state index contributed by atoms with van der Waals surface area (Å²) in [6, 6.07) is 8.16. The molecule has 2 aromatic heterocycles. The molecule has 144 valence electrons. The first kappa shape index (κ1) is 17.4. The standard InChI is InChI=1S/C20H22N6OS/c1-14-3-4-16-17(11-14)28-20(23-16)26-12-15(13-26)18(27)24-7-9-25(10-8-24)19-21-5-2-6-22-19/h2-6,11,15H,7-10,12-13H2,1H3. The molecule has 0 spiro atoms. The van der Waals surface area contributed by atoms with Crippen molar-refractivity contribution in [3.05, 3.63) is 42.2 Å². The summed E-state index contributed by atoms with van der Waals surface area (Å²) in [6.07, 6.45) is 3.51. The summed E-state index contributed by atoms with van der Waals surface area (Å²) in [5.74, 6) is 1.09. The van der Waals surface area contributed by atoms with Crippen LogP contribution in [0.15, 0.2) is 36.7 Å². The van der Waals surface area contributed by atoms with E-state index in [9.17, 15) is 4.79 Å². The number of amides is 1. The number of carbonyl (C=O) groups is 1. The van der Waals surface area contributed by atoms with E-state index in [0.717, 1.165) is 55.9 Å². The molecule has 4 heterocycles. The van der Waals surface area contributed by atoms with Crippen LogP contribution in [-0.4, -0.2) is 65.0 Å². The molecule has 2 saturated heterocycles. The average Bonchev–Trinajstić information content (AvgIpc) is 3.10. The molecular formula is C20H22N6OS. The molecule has 2 aliphatic rings. The summed E-state index contributed by atoms with van der Waals surface area (Å²) in [5.41, 5.74) is 2.29. The van der Waals surface area contributed by atoms with E-state index < -0.39 is 0 Å². The third kappa shape index (κ3) is 3.17. The van der Waals surface area contributed by atoms with Crippen LogP contribution in [0.25, 0.3) is 10.2 Å². The van der Waals surface area contributed by atoms with E-state index in [1.165, 1.54) is 10.3 Å². The molecule has 2 fully saturated rings. The van der Waals surface area contributed by atoms with Gasteiger partial charge in [-0.1, -0.05) is 17.4 Å². The van der Waals surface area contributed by atoms with Crippen LogP contribution in [0.1, 0.15) is 5.56 Å². The summed E-state index contributed by atoms with van der Waals surface area (Å²) >= 11 is 1.71. The number of nitrogens with zero attached hydrogens (tertiary/aromatic N) is 6. The van der Waals surface area contributed by atoms with E-state index in [4.69, 9.17) is 4.98 Å². The van der Waals surface area contributed by atoms with Gasteiger partial charge in [-0.05, 0) is 30.7 Å². The first-order chi connectivity index (χ1) is 13.7. The second-order valence-electron chi connectivity index (χ2n) is 7.43. The monoisotopic (exact) mass is 394 g/mol. The van der Waals surface area contributed by atoms with E-state index in [2.05, 4.69) is 44.9 Å². The fourth-order valence-corrected chi connectivity index (χ4v) is 4.87. The second-order valence-corrected chi connectivity index (χ2v) is 8.44. The Morgan fingerprint density at radius 3 is 2.57 bits per heavy atom. The minimum Gasteiger partial charge on any atom is -0.346 e. The van der Waals surface area contributed by atoms with Gasteiger partial charge in [0.1, 0.15) is 0 Å². The van der Waals surface area contributed by atoms with Gasteiger partial charge in [-0.3, -0.25) is 4.79 Å². The highest BCUT2D eigenvalue weighted by molar-refractivity contribution is 7.22. The summed E-state index contributed by atoms with van der Waals surface area (Å²) in [7, 11) is 0. The first-order valence-electron chi connectivity index (χ1n) is 9.60. The van der Waals surface area contributed by atoms with Crippen LogP contribution < -0.4 is 9.80 Å². The number of aromatic nitrogens is 3. The number of hydrogen-bond acceptors (Lipinski definition) is 7. The van der Waals surface area contributed by atoms with Gasteiger partial charge in [0.05, 0.1) is 16.1 Å². The van der Waals surface area contributed by atoms with Gasteiger partial charge >= 0.3 is 0 Å². The molecular weight excluding hydrogens is 372 g/mol. The molecule has 1 aromatic carbocycles. The summed E-state index contributed by atoms with van der Waals surface area (Å²) in [5, 5.41) is 1.02. The Morgan fingerprint density at radius 2 is 1.82 bits per heavy atom. The van der Waals surface area contributed by atoms with Crippen molar-refractivity contribution in [2.45, 2.75) is 6.92 Å². The Labute approximate surface area is 167 Å². The highest BCUT2D eigenvalue weighted by Gasteiger charge is 2.37.